The van der Waals surface area contributed by atoms with Crippen LogP contribution in [0.2, 0.25) is 0 Å². The summed E-state index contributed by atoms with van der Waals surface area (Å²) in [6.45, 7) is 7.44. The third-order valence-corrected chi connectivity index (χ3v) is 6.86. The van der Waals surface area contributed by atoms with Gasteiger partial charge in [0.05, 0.1) is 17.0 Å². The van der Waals surface area contributed by atoms with Gasteiger partial charge in [0.1, 0.15) is 5.82 Å². The molecule has 3 nitrogen and oxygen atoms in total. The van der Waals surface area contributed by atoms with Crippen LogP contribution >= 0.6 is 11.8 Å². The number of aryl methyl sites for hydroxylation is 1. The van der Waals surface area contributed by atoms with Crippen molar-refractivity contribution in [2.24, 2.45) is 0 Å². The van der Waals surface area contributed by atoms with Crippen molar-refractivity contribution in [2.45, 2.75) is 37.4 Å². The molecule has 0 atom stereocenters. The Labute approximate surface area is 184 Å². The Balaban J connectivity index is 1.71. The number of alkyl halides is 3. The van der Waals surface area contributed by atoms with Crippen LogP contribution in [-0.4, -0.2) is 54.3 Å². The highest BCUT2D eigenvalue weighted by atomic mass is 32.2. The average Bonchev–Trinajstić information content (AvgIpc) is 2.72. The van der Waals surface area contributed by atoms with Gasteiger partial charge in [-0.3, -0.25) is 9.69 Å². The Morgan fingerprint density at radius 1 is 1.03 bits per heavy atom. The van der Waals surface area contributed by atoms with Gasteiger partial charge in [0.15, 0.2) is 5.78 Å². The molecule has 1 saturated heterocycles. The second-order valence-corrected chi connectivity index (χ2v) is 9.22. The molecule has 0 aliphatic carbocycles. The van der Waals surface area contributed by atoms with Crippen LogP contribution in [0.3, 0.4) is 0 Å². The monoisotopic (exact) mass is 454 g/mol. The van der Waals surface area contributed by atoms with Crippen molar-refractivity contribution in [3.05, 3.63) is 59.4 Å². The van der Waals surface area contributed by atoms with Crippen LogP contribution in [0.25, 0.3) is 0 Å². The van der Waals surface area contributed by atoms with Crippen molar-refractivity contribution in [3.8, 4) is 0 Å². The molecule has 1 heterocycles. The second-order valence-electron chi connectivity index (χ2n) is 8.20. The number of nitrogens with zero attached hydrogens (tertiary/aromatic N) is 2. The maximum atomic E-state index is 14.6. The zero-order chi connectivity index (χ0) is 22.8. The van der Waals surface area contributed by atoms with E-state index in [1.807, 2.05) is 36.9 Å². The Morgan fingerprint density at radius 2 is 1.65 bits per heavy atom. The van der Waals surface area contributed by atoms with Gasteiger partial charge in [0.2, 0.25) is 0 Å². The first-order valence-corrected chi connectivity index (χ1v) is 11.1. The number of thioether (sulfide) groups is 1. The van der Waals surface area contributed by atoms with E-state index in [1.54, 1.807) is 19.1 Å². The van der Waals surface area contributed by atoms with Crippen molar-refractivity contribution >= 4 is 23.2 Å². The smallest absolute Gasteiger partial charge is 0.367 e. The number of hydrogen-bond acceptors (Lipinski definition) is 4. The molecule has 0 bridgehead atoms. The Morgan fingerprint density at radius 3 is 2.23 bits per heavy atom. The molecule has 0 radical (unpaired) electrons. The number of Topliss-reactive ketones (excluding diaryl/α,β-unsaturated/α-hetero) is 1. The largest absolute Gasteiger partial charge is 0.398 e. The summed E-state index contributed by atoms with van der Waals surface area (Å²) in [6, 6.07) is 11.9. The van der Waals surface area contributed by atoms with Crippen LogP contribution < -0.4 is 4.90 Å². The summed E-state index contributed by atoms with van der Waals surface area (Å²) < 4.78 is 52.5. The Bertz CT molecular complexity index is 923. The molecular weight excluding hydrogens is 428 g/mol. The fourth-order valence-electron chi connectivity index (χ4n) is 3.79. The highest BCUT2D eigenvalue weighted by Crippen LogP contribution is 2.34. The minimum atomic E-state index is -4.28. The number of halogens is 4. The van der Waals surface area contributed by atoms with Crippen molar-refractivity contribution < 1.29 is 22.4 Å². The van der Waals surface area contributed by atoms with E-state index in [1.165, 1.54) is 12.1 Å². The third-order valence-electron chi connectivity index (χ3n) is 5.64. The number of rotatable bonds is 6. The summed E-state index contributed by atoms with van der Waals surface area (Å²) in [5.41, 5.74) is 0.726. The van der Waals surface area contributed by atoms with Crippen molar-refractivity contribution in [2.75, 3.05) is 36.8 Å². The molecule has 0 N–H and O–H groups in total. The predicted molar refractivity (Wildman–Crippen MR) is 117 cm³/mol. The van der Waals surface area contributed by atoms with Gasteiger partial charge in [0, 0.05) is 36.6 Å². The van der Waals surface area contributed by atoms with Crippen molar-refractivity contribution in [3.63, 3.8) is 0 Å². The molecule has 0 spiro atoms. The number of benzene rings is 2. The van der Waals surface area contributed by atoms with Gasteiger partial charge in [-0.2, -0.15) is 13.2 Å². The second kappa shape index (κ2) is 9.20. The lowest BCUT2D eigenvalue weighted by Gasteiger charge is -2.44. The predicted octanol–water partition coefficient (Wildman–Crippen LogP) is 5.57. The molecule has 1 fully saturated rings. The lowest BCUT2D eigenvalue weighted by Crippen LogP contribution is -2.58. The topological polar surface area (TPSA) is 23.6 Å². The molecular formula is C23H26F4N2OS. The number of ketones is 1. The van der Waals surface area contributed by atoms with Gasteiger partial charge >= 0.3 is 6.18 Å². The minimum absolute atomic E-state index is 0.0221. The van der Waals surface area contributed by atoms with Crippen molar-refractivity contribution in [1.29, 1.82) is 0 Å². The molecule has 0 aromatic heterocycles. The van der Waals surface area contributed by atoms with Crippen LogP contribution in [0, 0.1) is 12.7 Å². The van der Waals surface area contributed by atoms with Crippen LogP contribution in [0.15, 0.2) is 47.4 Å². The van der Waals surface area contributed by atoms with Gasteiger partial charge in [-0.25, -0.2) is 4.39 Å². The quantitative estimate of drug-likeness (QED) is 0.323. The normalized spacial score (nSPS) is 15.9. The first kappa shape index (κ1) is 23.6. The highest BCUT2D eigenvalue weighted by Gasteiger charge is 2.37. The zero-order valence-electron chi connectivity index (χ0n) is 17.8. The summed E-state index contributed by atoms with van der Waals surface area (Å²) in [5, 5.41) is 0. The van der Waals surface area contributed by atoms with E-state index in [9.17, 15) is 22.4 Å². The number of carbonyl (C=O) groups excluding carboxylic acids is 1. The standard InChI is InChI=1S/C23H26F4N2OS/c1-16-13-18(24)19(14-20(16)31-15-23(25,26)27)28-9-11-29(12-10-28)22(2,3)21(30)17-7-5-4-6-8-17/h4-8,13-14H,9-12,15H2,1-3H3. The molecule has 0 unspecified atom stereocenters. The summed E-state index contributed by atoms with van der Waals surface area (Å²) >= 11 is 0.674. The number of piperazine rings is 1. The van der Waals surface area contributed by atoms with E-state index in [0.29, 0.717) is 59.7 Å². The highest BCUT2D eigenvalue weighted by molar-refractivity contribution is 7.99. The lowest BCUT2D eigenvalue weighted by atomic mass is 9.90. The maximum Gasteiger partial charge on any atom is 0.398 e. The fourth-order valence-corrected chi connectivity index (χ4v) is 4.59. The summed E-state index contributed by atoms with van der Waals surface area (Å²) in [5.74, 6) is -1.43. The molecule has 31 heavy (non-hydrogen) atoms. The first-order valence-electron chi connectivity index (χ1n) is 10.1. The van der Waals surface area contributed by atoms with Crippen molar-refractivity contribution in [1.82, 2.24) is 4.90 Å². The Kier molecular flexibility index (Phi) is 7.01. The van der Waals surface area contributed by atoms with E-state index >= 15 is 0 Å². The van der Waals surface area contributed by atoms with E-state index in [4.69, 9.17) is 0 Å². The van der Waals surface area contributed by atoms with Crippen LogP contribution in [-0.2, 0) is 0 Å². The molecule has 8 heteroatoms. The van der Waals surface area contributed by atoms with E-state index in [-0.39, 0.29) is 5.78 Å². The van der Waals surface area contributed by atoms with Crippen LogP contribution in [0.4, 0.5) is 23.2 Å². The van der Waals surface area contributed by atoms with Gasteiger partial charge in [-0.05, 0) is 38.5 Å². The summed E-state index contributed by atoms with van der Waals surface area (Å²) in [7, 11) is 0. The van der Waals surface area contributed by atoms with Crippen LogP contribution in [0.5, 0.6) is 0 Å². The van der Waals surface area contributed by atoms with Gasteiger partial charge in [-0.1, -0.05) is 30.3 Å². The number of hydrogen-bond donors (Lipinski definition) is 0. The minimum Gasteiger partial charge on any atom is -0.367 e. The fraction of sp³-hybridized carbons (Fsp3) is 0.435. The third kappa shape index (κ3) is 5.60. The lowest BCUT2D eigenvalue weighted by molar-refractivity contribution is -0.105. The molecule has 2 aromatic carbocycles. The van der Waals surface area contributed by atoms with Crippen LogP contribution in [0.1, 0.15) is 29.8 Å². The zero-order valence-corrected chi connectivity index (χ0v) is 18.6. The van der Waals surface area contributed by atoms with E-state index in [2.05, 4.69) is 4.90 Å². The molecule has 2 aromatic rings. The summed E-state index contributed by atoms with van der Waals surface area (Å²) in [6.07, 6.45) is -4.28. The molecule has 0 saturated carbocycles. The molecule has 3 rings (SSSR count). The molecule has 1 aliphatic heterocycles. The Hall–Kier alpha value is -2.06. The van der Waals surface area contributed by atoms with Gasteiger partial charge in [0.25, 0.3) is 0 Å². The summed E-state index contributed by atoms with van der Waals surface area (Å²) in [4.78, 5) is 17.3. The van der Waals surface area contributed by atoms with E-state index in [0.717, 1.165) is 0 Å². The molecule has 0 amide bonds. The average molecular weight is 455 g/mol. The maximum absolute atomic E-state index is 14.6. The van der Waals surface area contributed by atoms with Gasteiger partial charge < -0.3 is 4.90 Å². The molecule has 1 aliphatic rings. The number of anilines is 1. The SMILES string of the molecule is Cc1cc(F)c(N2CCN(C(C)(C)C(=O)c3ccccc3)CC2)cc1SCC(F)(F)F. The number of carbonyl (C=O) groups is 1. The van der Waals surface area contributed by atoms with E-state index < -0.39 is 23.3 Å². The molecule has 168 valence electrons. The van der Waals surface area contributed by atoms with Gasteiger partial charge in [-0.15, -0.1) is 11.8 Å². The first-order chi connectivity index (χ1) is 14.5.